The summed E-state index contributed by atoms with van der Waals surface area (Å²) < 4.78 is 27.1. The van der Waals surface area contributed by atoms with Crippen molar-refractivity contribution in [1.29, 1.82) is 0 Å². The maximum atomic E-state index is 13.1. The van der Waals surface area contributed by atoms with E-state index in [0.717, 1.165) is 15.4 Å². The fourth-order valence-electron chi connectivity index (χ4n) is 3.52. The van der Waals surface area contributed by atoms with Crippen LogP contribution in [0.2, 0.25) is 0 Å². The topological polar surface area (TPSA) is 74.7 Å². The Labute approximate surface area is 148 Å². The summed E-state index contributed by atoms with van der Waals surface area (Å²) in [6, 6.07) is 12.0. The number of sulfonamides is 1. The lowest BCUT2D eigenvalue weighted by atomic mass is 10.0. The highest BCUT2D eigenvalue weighted by Gasteiger charge is 2.41. The van der Waals surface area contributed by atoms with Crippen molar-refractivity contribution in [2.24, 2.45) is 0 Å². The third-order valence-electron chi connectivity index (χ3n) is 4.46. The summed E-state index contributed by atoms with van der Waals surface area (Å²) in [6.07, 6.45) is 0.310. The Bertz CT molecular complexity index is 907. The summed E-state index contributed by atoms with van der Waals surface area (Å²) >= 11 is 0. The van der Waals surface area contributed by atoms with E-state index in [0.29, 0.717) is 11.1 Å². The van der Waals surface area contributed by atoms with E-state index < -0.39 is 28.6 Å². The first kappa shape index (κ1) is 17.6. The normalized spacial score (nSPS) is 17.2. The quantitative estimate of drug-likeness (QED) is 0.906. The Kier molecular flexibility index (Phi) is 4.67. The number of rotatable bonds is 4. The standard InChI is InChI=1S/C19H21NO4S/c1-13-8-14(2)19-16(9-13)11-18(22)20(25(19,23)24)17(12-21)10-15-6-4-3-5-7-15/h3-9,17,21H,10-12H2,1-2H3/t17-/m0/s1. The van der Waals surface area contributed by atoms with Crippen LogP contribution >= 0.6 is 0 Å². The van der Waals surface area contributed by atoms with E-state index in [1.165, 1.54) is 0 Å². The Morgan fingerprint density at radius 1 is 1.16 bits per heavy atom. The molecule has 0 bridgehead atoms. The Morgan fingerprint density at radius 2 is 1.84 bits per heavy atom. The Hall–Kier alpha value is -2.18. The average molecular weight is 359 g/mol. The number of amides is 1. The van der Waals surface area contributed by atoms with Gasteiger partial charge in [-0.25, -0.2) is 12.7 Å². The molecule has 3 rings (SSSR count). The van der Waals surface area contributed by atoms with Gasteiger partial charge in [0, 0.05) is 0 Å². The lowest BCUT2D eigenvalue weighted by Crippen LogP contribution is -2.50. The molecule has 1 atom stereocenters. The van der Waals surface area contributed by atoms with Crippen molar-refractivity contribution in [1.82, 2.24) is 4.31 Å². The van der Waals surface area contributed by atoms with Crippen molar-refractivity contribution in [3.05, 3.63) is 64.7 Å². The van der Waals surface area contributed by atoms with E-state index in [2.05, 4.69) is 0 Å². The zero-order valence-corrected chi connectivity index (χ0v) is 15.1. The molecule has 0 unspecified atom stereocenters. The van der Waals surface area contributed by atoms with Crippen LogP contribution in [-0.2, 0) is 27.7 Å². The van der Waals surface area contributed by atoms with Crippen LogP contribution < -0.4 is 0 Å². The number of hydrogen-bond donors (Lipinski definition) is 1. The van der Waals surface area contributed by atoms with Crippen LogP contribution in [0.4, 0.5) is 0 Å². The van der Waals surface area contributed by atoms with E-state index in [1.54, 1.807) is 19.1 Å². The van der Waals surface area contributed by atoms with Crippen molar-refractivity contribution in [3.8, 4) is 0 Å². The smallest absolute Gasteiger partial charge is 0.267 e. The van der Waals surface area contributed by atoms with Gasteiger partial charge in [0.2, 0.25) is 5.91 Å². The molecule has 1 N–H and O–H groups in total. The summed E-state index contributed by atoms with van der Waals surface area (Å²) in [5.74, 6) is -0.493. The highest BCUT2D eigenvalue weighted by molar-refractivity contribution is 7.90. The molecule has 0 radical (unpaired) electrons. The van der Waals surface area contributed by atoms with Crippen molar-refractivity contribution >= 4 is 15.9 Å². The second-order valence-corrected chi connectivity index (χ2v) is 8.22. The number of nitrogens with zero attached hydrogens (tertiary/aromatic N) is 1. The molecule has 5 nitrogen and oxygen atoms in total. The van der Waals surface area contributed by atoms with Crippen molar-refractivity contribution in [3.63, 3.8) is 0 Å². The molecule has 1 heterocycles. The highest BCUT2D eigenvalue weighted by Crippen LogP contribution is 2.33. The average Bonchev–Trinajstić information content (AvgIpc) is 2.53. The molecule has 1 aliphatic rings. The molecular formula is C19H21NO4S. The maximum absolute atomic E-state index is 13.1. The number of aliphatic hydroxyl groups excluding tert-OH is 1. The first-order valence-corrected chi connectivity index (χ1v) is 9.60. The van der Waals surface area contributed by atoms with Crippen LogP contribution in [0.25, 0.3) is 0 Å². The number of fused-ring (bicyclic) bond motifs is 1. The molecule has 132 valence electrons. The number of carbonyl (C=O) groups excluding carboxylic acids is 1. The van der Waals surface area contributed by atoms with E-state index in [9.17, 15) is 18.3 Å². The van der Waals surface area contributed by atoms with Crippen LogP contribution in [0.5, 0.6) is 0 Å². The summed E-state index contributed by atoms with van der Waals surface area (Å²) in [5.41, 5.74) is 2.96. The number of hydrogen-bond acceptors (Lipinski definition) is 4. The van der Waals surface area contributed by atoms with Crippen molar-refractivity contribution < 1.29 is 18.3 Å². The predicted molar refractivity (Wildman–Crippen MR) is 94.7 cm³/mol. The Balaban J connectivity index is 2.05. The van der Waals surface area contributed by atoms with Gasteiger partial charge in [-0.1, -0.05) is 48.0 Å². The van der Waals surface area contributed by atoms with Gasteiger partial charge in [-0.3, -0.25) is 4.79 Å². The molecule has 0 saturated heterocycles. The molecule has 1 aliphatic heterocycles. The van der Waals surface area contributed by atoms with E-state index >= 15 is 0 Å². The van der Waals surface area contributed by atoms with Crippen LogP contribution in [0.1, 0.15) is 22.3 Å². The summed E-state index contributed by atoms with van der Waals surface area (Å²) in [7, 11) is -3.99. The molecule has 25 heavy (non-hydrogen) atoms. The van der Waals surface area contributed by atoms with Gasteiger partial charge in [0.25, 0.3) is 10.0 Å². The highest BCUT2D eigenvalue weighted by atomic mass is 32.2. The van der Waals surface area contributed by atoms with E-state index in [1.807, 2.05) is 37.3 Å². The van der Waals surface area contributed by atoms with Gasteiger partial charge in [0.1, 0.15) is 0 Å². The van der Waals surface area contributed by atoms with Gasteiger partial charge in [0.15, 0.2) is 0 Å². The van der Waals surface area contributed by atoms with Crippen molar-refractivity contribution in [2.75, 3.05) is 6.61 Å². The van der Waals surface area contributed by atoms with Crippen molar-refractivity contribution in [2.45, 2.75) is 37.6 Å². The zero-order valence-electron chi connectivity index (χ0n) is 14.3. The number of carbonyl (C=O) groups is 1. The number of benzene rings is 2. The van der Waals surface area contributed by atoms with Crippen LogP contribution in [0.15, 0.2) is 47.4 Å². The molecule has 0 aliphatic carbocycles. The molecular weight excluding hydrogens is 338 g/mol. The fourth-order valence-corrected chi connectivity index (χ4v) is 5.51. The predicted octanol–water partition coefficient (Wildman–Crippen LogP) is 1.98. The molecule has 6 heteroatoms. The minimum atomic E-state index is -3.99. The van der Waals surface area contributed by atoms with Gasteiger partial charge < -0.3 is 5.11 Å². The zero-order chi connectivity index (χ0) is 18.2. The maximum Gasteiger partial charge on any atom is 0.267 e. The molecule has 2 aromatic rings. The lowest BCUT2D eigenvalue weighted by Gasteiger charge is -2.34. The minimum Gasteiger partial charge on any atom is -0.394 e. The van der Waals surface area contributed by atoms with Gasteiger partial charge in [-0.15, -0.1) is 0 Å². The largest absolute Gasteiger partial charge is 0.394 e. The Morgan fingerprint density at radius 3 is 2.48 bits per heavy atom. The summed E-state index contributed by atoms with van der Waals surface area (Å²) in [6.45, 7) is 3.20. The second-order valence-electron chi connectivity index (χ2n) is 6.47. The fraction of sp³-hybridized carbons (Fsp3) is 0.316. The molecule has 2 aromatic carbocycles. The molecule has 0 spiro atoms. The number of aliphatic hydroxyl groups is 1. The lowest BCUT2D eigenvalue weighted by molar-refractivity contribution is -0.128. The summed E-state index contributed by atoms with van der Waals surface area (Å²) in [5, 5.41) is 9.79. The van der Waals surface area contributed by atoms with Gasteiger partial charge >= 0.3 is 0 Å². The van der Waals surface area contributed by atoms with Gasteiger partial charge in [0.05, 0.1) is 24.0 Å². The minimum absolute atomic E-state index is 0.0301. The molecule has 0 saturated carbocycles. The first-order chi connectivity index (χ1) is 11.8. The van der Waals surface area contributed by atoms with Gasteiger partial charge in [-0.05, 0) is 37.0 Å². The molecule has 0 fully saturated rings. The third-order valence-corrected chi connectivity index (χ3v) is 6.58. The first-order valence-electron chi connectivity index (χ1n) is 8.16. The van der Waals surface area contributed by atoms with Crippen LogP contribution in [0, 0.1) is 13.8 Å². The summed E-state index contributed by atoms with van der Waals surface area (Å²) in [4.78, 5) is 12.8. The van der Waals surface area contributed by atoms with Crippen LogP contribution in [0.3, 0.4) is 0 Å². The molecule has 0 aromatic heterocycles. The second kappa shape index (κ2) is 6.61. The third kappa shape index (κ3) is 3.19. The van der Waals surface area contributed by atoms with Crippen LogP contribution in [-0.4, -0.2) is 36.4 Å². The monoisotopic (exact) mass is 359 g/mol. The SMILES string of the molecule is Cc1cc(C)c2c(c1)CC(=O)N([C@H](CO)Cc1ccccc1)S2(=O)=O. The van der Waals surface area contributed by atoms with E-state index in [-0.39, 0.29) is 17.7 Å². The number of aryl methyl sites for hydroxylation is 2. The molecule has 1 amide bonds. The van der Waals surface area contributed by atoms with E-state index in [4.69, 9.17) is 0 Å². The van der Waals surface area contributed by atoms with Gasteiger partial charge in [-0.2, -0.15) is 0 Å².